The molecule has 0 amide bonds. The van der Waals surface area contributed by atoms with Gasteiger partial charge in [0.05, 0.1) is 11.6 Å². The molecular weight excluding hydrogens is 312 g/mol. The van der Waals surface area contributed by atoms with Crippen LogP contribution in [0.25, 0.3) is 10.9 Å². The Morgan fingerprint density at radius 1 is 1.05 bits per heavy atom. The summed E-state index contributed by atoms with van der Waals surface area (Å²) >= 11 is 3.59. The Labute approximate surface area is 126 Å². The van der Waals surface area contributed by atoms with Crippen molar-refractivity contribution in [2.75, 3.05) is 0 Å². The summed E-state index contributed by atoms with van der Waals surface area (Å²) in [5, 5.41) is 1.12. The first-order valence-electron chi connectivity index (χ1n) is 6.52. The molecule has 2 N–H and O–H groups in total. The molecule has 1 heterocycles. The van der Waals surface area contributed by atoms with E-state index in [-0.39, 0.29) is 6.04 Å². The molecule has 0 saturated carbocycles. The van der Waals surface area contributed by atoms with Crippen LogP contribution in [0.5, 0.6) is 0 Å². The zero-order valence-electron chi connectivity index (χ0n) is 11.2. The molecule has 0 aliphatic rings. The summed E-state index contributed by atoms with van der Waals surface area (Å²) in [6.45, 7) is 2.07. The van der Waals surface area contributed by atoms with Crippen LogP contribution in [0.15, 0.2) is 59.2 Å². The maximum atomic E-state index is 6.48. The van der Waals surface area contributed by atoms with Gasteiger partial charge in [0.1, 0.15) is 0 Å². The van der Waals surface area contributed by atoms with E-state index in [0.29, 0.717) is 0 Å². The topological polar surface area (TPSA) is 38.9 Å². The molecule has 2 aromatic carbocycles. The van der Waals surface area contributed by atoms with Gasteiger partial charge in [0.2, 0.25) is 0 Å². The molecule has 0 bridgehead atoms. The highest BCUT2D eigenvalue weighted by Gasteiger charge is 2.15. The number of hydrogen-bond acceptors (Lipinski definition) is 2. The molecule has 1 aromatic heterocycles. The number of aryl methyl sites for hydroxylation is 1. The van der Waals surface area contributed by atoms with E-state index in [1.807, 2.05) is 24.4 Å². The Balaban J connectivity index is 2.17. The third kappa shape index (κ3) is 2.35. The monoisotopic (exact) mass is 326 g/mol. The van der Waals surface area contributed by atoms with Gasteiger partial charge in [-0.3, -0.25) is 4.98 Å². The molecule has 3 aromatic rings. The number of nitrogens with two attached hydrogens (primary N) is 1. The number of hydrogen-bond donors (Lipinski definition) is 1. The third-order valence-corrected chi connectivity index (χ3v) is 4.21. The van der Waals surface area contributed by atoms with Crippen molar-refractivity contribution in [2.24, 2.45) is 5.73 Å². The summed E-state index contributed by atoms with van der Waals surface area (Å²) in [7, 11) is 0. The van der Waals surface area contributed by atoms with Gasteiger partial charge in [-0.1, -0.05) is 57.9 Å². The average molecular weight is 327 g/mol. The second kappa shape index (κ2) is 5.35. The largest absolute Gasteiger partial charge is 0.320 e. The highest BCUT2D eigenvalue weighted by Crippen LogP contribution is 2.30. The number of rotatable bonds is 2. The maximum absolute atomic E-state index is 6.48. The molecule has 0 saturated heterocycles. The molecule has 0 aliphatic heterocycles. The van der Waals surface area contributed by atoms with Crippen molar-refractivity contribution in [1.29, 1.82) is 0 Å². The molecule has 1 atom stereocenters. The number of pyridine rings is 1. The number of fused-ring (bicyclic) bond motifs is 1. The SMILES string of the molecule is Cc1ccc(Br)c(C(N)c2cccc3cccnc23)c1. The van der Waals surface area contributed by atoms with Crippen LogP contribution in [0, 0.1) is 6.92 Å². The van der Waals surface area contributed by atoms with Gasteiger partial charge in [0.15, 0.2) is 0 Å². The third-order valence-electron chi connectivity index (χ3n) is 3.49. The molecule has 3 rings (SSSR count). The summed E-state index contributed by atoms with van der Waals surface area (Å²) in [4.78, 5) is 4.48. The van der Waals surface area contributed by atoms with Gasteiger partial charge < -0.3 is 5.73 Å². The van der Waals surface area contributed by atoms with Crippen LogP contribution in [-0.2, 0) is 0 Å². The van der Waals surface area contributed by atoms with Crippen molar-refractivity contribution >= 4 is 26.8 Å². The zero-order valence-corrected chi connectivity index (χ0v) is 12.8. The fourth-order valence-electron chi connectivity index (χ4n) is 2.45. The van der Waals surface area contributed by atoms with Crippen LogP contribution in [0.4, 0.5) is 0 Å². The number of aromatic nitrogens is 1. The predicted octanol–water partition coefficient (Wildman–Crippen LogP) is 4.35. The van der Waals surface area contributed by atoms with E-state index < -0.39 is 0 Å². The van der Waals surface area contributed by atoms with Gasteiger partial charge in [-0.05, 0) is 30.2 Å². The lowest BCUT2D eigenvalue weighted by atomic mass is 9.96. The summed E-state index contributed by atoms with van der Waals surface area (Å²) in [5.74, 6) is 0. The molecule has 0 fully saturated rings. The molecule has 0 aliphatic carbocycles. The van der Waals surface area contributed by atoms with E-state index >= 15 is 0 Å². The second-order valence-corrected chi connectivity index (χ2v) is 5.78. The zero-order chi connectivity index (χ0) is 14.1. The van der Waals surface area contributed by atoms with Crippen molar-refractivity contribution in [3.8, 4) is 0 Å². The van der Waals surface area contributed by atoms with Gasteiger partial charge in [-0.15, -0.1) is 0 Å². The Bertz CT molecular complexity index is 763. The quantitative estimate of drug-likeness (QED) is 0.760. The van der Waals surface area contributed by atoms with E-state index in [9.17, 15) is 0 Å². The van der Waals surface area contributed by atoms with Crippen LogP contribution in [-0.4, -0.2) is 4.98 Å². The molecule has 1 unspecified atom stereocenters. The minimum atomic E-state index is -0.192. The molecule has 2 nitrogen and oxygen atoms in total. The van der Waals surface area contributed by atoms with Crippen LogP contribution in [0.3, 0.4) is 0 Å². The lowest BCUT2D eigenvalue weighted by Crippen LogP contribution is -2.13. The number of benzene rings is 2. The van der Waals surface area contributed by atoms with Crippen LogP contribution >= 0.6 is 15.9 Å². The van der Waals surface area contributed by atoms with Crippen LogP contribution in [0.2, 0.25) is 0 Å². The van der Waals surface area contributed by atoms with Crippen molar-refractivity contribution < 1.29 is 0 Å². The predicted molar refractivity (Wildman–Crippen MR) is 86.7 cm³/mol. The number of nitrogens with zero attached hydrogens (tertiary/aromatic N) is 1. The van der Waals surface area contributed by atoms with Crippen molar-refractivity contribution in [2.45, 2.75) is 13.0 Å². The van der Waals surface area contributed by atoms with Crippen LogP contribution < -0.4 is 5.73 Å². The fourth-order valence-corrected chi connectivity index (χ4v) is 2.94. The molecule has 3 heteroatoms. The van der Waals surface area contributed by atoms with Gasteiger partial charge in [0, 0.05) is 16.1 Å². The highest BCUT2D eigenvalue weighted by atomic mass is 79.9. The summed E-state index contributed by atoms with van der Waals surface area (Å²) in [6, 6.07) is 16.2. The standard InChI is InChI=1S/C17H15BrN2/c1-11-7-8-15(18)14(10-11)16(19)13-6-2-4-12-5-3-9-20-17(12)13/h2-10,16H,19H2,1H3. The Kier molecular flexibility index (Phi) is 3.55. The fraction of sp³-hybridized carbons (Fsp3) is 0.118. The average Bonchev–Trinajstić information content (AvgIpc) is 2.48. The van der Waals surface area contributed by atoms with E-state index in [4.69, 9.17) is 5.73 Å². The smallest absolute Gasteiger partial charge is 0.0753 e. The highest BCUT2D eigenvalue weighted by molar-refractivity contribution is 9.10. The number of halogens is 1. The van der Waals surface area contributed by atoms with Crippen molar-refractivity contribution in [1.82, 2.24) is 4.98 Å². The minimum Gasteiger partial charge on any atom is -0.320 e. The van der Waals surface area contributed by atoms with Gasteiger partial charge >= 0.3 is 0 Å². The molecule has 100 valence electrons. The van der Waals surface area contributed by atoms with Gasteiger partial charge in [0.25, 0.3) is 0 Å². The Morgan fingerprint density at radius 3 is 2.70 bits per heavy atom. The molecule has 0 radical (unpaired) electrons. The summed E-state index contributed by atoms with van der Waals surface area (Å²) in [6.07, 6.45) is 1.81. The summed E-state index contributed by atoms with van der Waals surface area (Å²) < 4.78 is 1.03. The lowest BCUT2D eigenvalue weighted by molar-refractivity contribution is 0.869. The van der Waals surface area contributed by atoms with Gasteiger partial charge in [-0.2, -0.15) is 0 Å². The first-order valence-corrected chi connectivity index (χ1v) is 7.31. The Morgan fingerprint density at radius 2 is 1.85 bits per heavy atom. The van der Waals surface area contributed by atoms with Crippen molar-refractivity contribution in [3.05, 3.63) is 75.9 Å². The van der Waals surface area contributed by atoms with Crippen LogP contribution in [0.1, 0.15) is 22.7 Å². The minimum absolute atomic E-state index is 0.192. The number of para-hydroxylation sites is 1. The van der Waals surface area contributed by atoms with E-state index in [1.165, 1.54) is 5.56 Å². The normalized spacial score (nSPS) is 12.6. The van der Waals surface area contributed by atoms with E-state index in [1.54, 1.807) is 0 Å². The second-order valence-electron chi connectivity index (χ2n) is 4.92. The first kappa shape index (κ1) is 13.3. The molecular formula is C17H15BrN2. The Hall–Kier alpha value is -1.71. The van der Waals surface area contributed by atoms with Gasteiger partial charge in [-0.25, -0.2) is 0 Å². The van der Waals surface area contributed by atoms with Crippen molar-refractivity contribution in [3.63, 3.8) is 0 Å². The molecule has 0 spiro atoms. The summed E-state index contributed by atoms with van der Waals surface area (Å²) in [5.41, 5.74) is 10.8. The first-order chi connectivity index (χ1) is 9.66. The van der Waals surface area contributed by atoms with E-state index in [2.05, 4.69) is 58.2 Å². The lowest BCUT2D eigenvalue weighted by Gasteiger charge is -2.16. The van der Waals surface area contributed by atoms with E-state index in [0.717, 1.165) is 26.5 Å². The molecule has 20 heavy (non-hydrogen) atoms. The maximum Gasteiger partial charge on any atom is 0.0753 e.